The highest BCUT2D eigenvalue weighted by atomic mass is 16.5. The summed E-state index contributed by atoms with van der Waals surface area (Å²) in [5, 5.41) is 0.327. The third-order valence-electron chi connectivity index (χ3n) is 5.50. The number of hydrogen-bond donors (Lipinski definition) is 0. The normalized spacial score (nSPS) is 14.0. The second kappa shape index (κ2) is 7.98. The minimum absolute atomic E-state index is 0.0520. The number of carbonyl (C=O) groups is 2. The minimum Gasteiger partial charge on any atom is -0.482 e. The van der Waals surface area contributed by atoms with Crippen LogP contribution in [0, 0.1) is 0 Å². The summed E-state index contributed by atoms with van der Waals surface area (Å²) in [6.45, 7) is 1.50. The molecule has 3 heterocycles. The molecule has 4 aromatic rings. The van der Waals surface area contributed by atoms with E-state index in [9.17, 15) is 14.4 Å². The summed E-state index contributed by atoms with van der Waals surface area (Å²) in [5.41, 5.74) is 0.775. The fourth-order valence-electron chi connectivity index (χ4n) is 3.69. The number of benzene rings is 2. The van der Waals surface area contributed by atoms with Crippen LogP contribution in [0.15, 0.2) is 74.5 Å². The van der Waals surface area contributed by atoms with E-state index in [4.69, 9.17) is 18.3 Å². The van der Waals surface area contributed by atoms with Crippen LogP contribution in [0.5, 0.6) is 11.5 Å². The second-order valence-electron chi connectivity index (χ2n) is 7.61. The van der Waals surface area contributed by atoms with Gasteiger partial charge in [0.25, 0.3) is 5.91 Å². The molecule has 0 saturated carbocycles. The third-order valence-corrected chi connectivity index (χ3v) is 5.50. The van der Waals surface area contributed by atoms with Crippen LogP contribution in [0.1, 0.15) is 17.3 Å². The van der Waals surface area contributed by atoms with Gasteiger partial charge in [-0.3, -0.25) is 14.4 Å². The number of rotatable bonds is 5. The quantitative estimate of drug-likeness (QED) is 0.427. The number of fused-ring (bicyclic) bond motifs is 2. The third kappa shape index (κ3) is 3.55. The van der Waals surface area contributed by atoms with Crippen molar-refractivity contribution in [1.82, 2.24) is 0 Å². The van der Waals surface area contributed by atoms with Crippen LogP contribution in [0.4, 0.5) is 5.69 Å². The monoisotopic (exact) mass is 445 g/mol. The van der Waals surface area contributed by atoms with Crippen LogP contribution in [0.3, 0.4) is 0 Å². The number of hydrogen-bond acceptors (Lipinski definition) is 7. The molecule has 2 aromatic heterocycles. The minimum atomic E-state index is -1.02. The first-order valence-electron chi connectivity index (χ1n) is 10.3. The Kier molecular flexibility index (Phi) is 4.97. The Hall–Kier alpha value is -4.33. The van der Waals surface area contributed by atoms with Gasteiger partial charge in [0, 0.05) is 12.6 Å². The molecule has 0 spiro atoms. The van der Waals surface area contributed by atoms with Gasteiger partial charge in [0.2, 0.25) is 22.7 Å². The molecule has 0 fully saturated rings. The fourth-order valence-corrected chi connectivity index (χ4v) is 3.69. The fraction of sp³-hybridized carbons (Fsp3) is 0.160. The molecule has 0 aliphatic carbocycles. The molecule has 8 nitrogen and oxygen atoms in total. The molecule has 1 aliphatic rings. The zero-order chi connectivity index (χ0) is 23.1. The van der Waals surface area contributed by atoms with Crippen LogP contribution in [-0.4, -0.2) is 31.4 Å². The smallest absolute Gasteiger partial charge is 0.264 e. The highest BCUT2D eigenvalue weighted by Crippen LogP contribution is 2.34. The van der Waals surface area contributed by atoms with E-state index in [-0.39, 0.29) is 29.8 Å². The van der Waals surface area contributed by atoms with Gasteiger partial charge in [0.1, 0.15) is 11.3 Å². The molecule has 1 unspecified atom stereocenters. The molecular formula is C25H19NO7. The first-order valence-corrected chi connectivity index (χ1v) is 10.3. The summed E-state index contributed by atoms with van der Waals surface area (Å²) >= 11 is 0. The summed E-state index contributed by atoms with van der Waals surface area (Å²) in [5.74, 6) is 0.220. The lowest BCUT2D eigenvalue weighted by atomic mass is 10.0. The Labute approximate surface area is 187 Å². The standard InChI is InChI=1S/C25H19NO7/c1-14(22(28)15-9-10-19-17(12-15)26(2)21(27)13-31-19)32-25-23(29)16-6-3-4-7-18(16)33-24(25)20-8-5-11-30-20/h3-12,14H,13H2,1-2H3. The van der Waals surface area contributed by atoms with Gasteiger partial charge in [0.15, 0.2) is 18.5 Å². The lowest BCUT2D eigenvalue weighted by molar-refractivity contribution is -0.120. The Bertz CT molecular complexity index is 1440. The highest BCUT2D eigenvalue weighted by Gasteiger charge is 2.27. The van der Waals surface area contributed by atoms with Crippen molar-refractivity contribution in [3.8, 4) is 23.0 Å². The van der Waals surface area contributed by atoms with Gasteiger partial charge < -0.3 is 23.2 Å². The molecule has 5 rings (SSSR count). The van der Waals surface area contributed by atoms with Crippen molar-refractivity contribution in [2.24, 2.45) is 0 Å². The largest absolute Gasteiger partial charge is 0.482 e. The molecule has 0 bridgehead atoms. The van der Waals surface area contributed by atoms with E-state index in [1.54, 1.807) is 68.6 Å². The zero-order valence-electron chi connectivity index (χ0n) is 17.9. The van der Waals surface area contributed by atoms with Gasteiger partial charge >= 0.3 is 0 Å². The topological polar surface area (TPSA) is 99.2 Å². The predicted molar refractivity (Wildman–Crippen MR) is 120 cm³/mol. The number of ketones is 1. The number of anilines is 1. The van der Waals surface area contributed by atoms with Crippen LogP contribution in [0.2, 0.25) is 0 Å². The molecule has 1 aliphatic heterocycles. The van der Waals surface area contributed by atoms with Crippen LogP contribution < -0.4 is 19.8 Å². The Morgan fingerprint density at radius 1 is 1.09 bits per heavy atom. The molecule has 1 amide bonds. The van der Waals surface area contributed by atoms with Gasteiger partial charge in [-0.15, -0.1) is 0 Å². The van der Waals surface area contributed by atoms with Crippen molar-refractivity contribution in [3.05, 3.63) is 76.6 Å². The summed E-state index contributed by atoms with van der Waals surface area (Å²) < 4.78 is 22.6. The number of likely N-dealkylation sites (N-methyl/N-ethyl adjacent to an activating group) is 1. The van der Waals surface area contributed by atoms with Crippen molar-refractivity contribution in [2.75, 3.05) is 18.6 Å². The summed E-state index contributed by atoms with van der Waals surface area (Å²) in [4.78, 5) is 39.8. The Morgan fingerprint density at radius 3 is 2.70 bits per heavy atom. The number of ether oxygens (including phenoxy) is 2. The van der Waals surface area contributed by atoms with Gasteiger partial charge in [0.05, 0.1) is 17.3 Å². The maximum Gasteiger partial charge on any atom is 0.264 e. The van der Waals surface area contributed by atoms with Gasteiger partial charge in [-0.05, 0) is 49.4 Å². The van der Waals surface area contributed by atoms with Crippen molar-refractivity contribution >= 4 is 28.3 Å². The van der Waals surface area contributed by atoms with E-state index in [1.165, 1.54) is 11.2 Å². The summed E-state index contributed by atoms with van der Waals surface area (Å²) in [6, 6.07) is 14.9. The summed E-state index contributed by atoms with van der Waals surface area (Å²) in [6.07, 6.45) is 0.432. The first kappa shape index (κ1) is 20.6. The van der Waals surface area contributed by atoms with Crippen molar-refractivity contribution in [1.29, 1.82) is 0 Å². The SMILES string of the molecule is CC(Oc1c(-c2ccco2)oc2ccccc2c1=O)C(=O)c1ccc2c(c1)N(C)C(=O)CO2. The second-order valence-corrected chi connectivity index (χ2v) is 7.61. The van der Waals surface area contributed by atoms with Crippen LogP contribution in [-0.2, 0) is 4.79 Å². The lowest BCUT2D eigenvalue weighted by Gasteiger charge is -2.26. The van der Waals surface area contributed by atoms with Gasteiger partial charge in [-0.2, -0.15) is 0 Å². The maximum absolute atomic E-state index is 13.2. The Balaban J connectivity index is 1.52. The number of Topliss-reactive ketones (excluding diaryl/α,β-unsaturated/α-hetero) is 1. The number of para-hydroxylation sites is 1. The van der Waals surface area contributed by atoms with Crippen molar-refractivity contribution < 1.29 is 27.9 Å². The number of furan rings is 1. The highest BCUT2D eigenvalue weighted by molar-refractivity contribution is 6.03. The van der Waals surface area contributed by atoms with Crippen molar-refractivity contribution in [2.45, 2.75) is 13.0 Å². The van der Waals surface area contributed by atoms with E-state index >= 15 is 0 Å². The van der Waals surface area contributed by atoms with E-state index in [1.807, 2.05) is 0 Å². The molecular weight excluding hydrogens is 426 g/mol. The molecule has 8 heteroatoms. The molecule has 0 radical (unpaired) electrons. The Morgan fingerprint density at radius 2 is 1.91 bits per heavy atom. The molecule has 0 saturated heterocycles. The molecule has 1 atom stereocenters. The van der Waals surface area contributed by atoms with E-state index in [0.717, 1.165) is 0 Å². The number of nitrogens with zero attached hydrogens (tertiary/aromatic N) is 1. The molecule has 166 valence electrons. The van der Waals surface area contributed by atoms with Crippen LogP contribution in [0.25, 0.3) is 22.5 Å². The predicted octanol–water partition coefficient (Wildman–Crippen LogP) is 4.06. The molecule has 33 heavy (non-hydrogen) atoms. The van der Waals surface area contributed by atoms with E-state index in [2.05, 4.69) is 0 Å². The van der Waals surface area contributed by atoms with Crippen molar-refractivity contribution in [3.63, 3.8) is 0 Å². The molecule has 0 N–H and O–H groups in total. The number of amides is 1. The average Bonchev–Trinajstić information content (AvgIpc) is 3.37. The van der Waals surface area contributed by atoms with Gasteiger partial charge in [-0.25, -0.2) is 0 Å². The van der Waals surface area contributed by atoms with E-state index in [0.29, 0.717) is 33.7 Å². The average molecular weight is 445 g/mol. The van der Waals surface area contributed by atoms with E-state index < -0.39 is 11.5 Å². The lowest BCUT2D eigenvalue weighted by Crippen LogP contribution is -2.35. The van der Waals surface area contributed by atoms with Crippen LogP contribution >= 0.6 is 0 Å². The number of carbonyl (C=O) groups excluding carboxylic acids is 2. The zero-order valence-corrected chi connectivity index (χ0v) is 17.9. The summed E-state index contributed by atoms with van der Waals surface area (Å²) in [7, 11) is 1.62. The maximum atomic E-state index is 13.2. The molecule has 2 aromatic carbocycles. The first-order chi connectivity index (χ1) is 15.9. The van der Waals surface area contributed by atoms with Gasteiger partial charge in [-0.1, -0.05) is 12.1 Å².